The third kappa shape index (κ3) is 3.52. The molecule has 0 radical (unpaired) electrons. The summed E-state index contributed by atoms with van der Waals surface area (Å²) in [6.07, 6.45) is 6.61. The molecule has 1 atom stereocenters. The van der Waals surface area contributed by atoms with Gasteiger partial charge in [0.25, 0.3) is 5.56 Å². The quantitative estimate of drug-likeness (QED) is 0.506. The molecule has 3 heterocycles. The van der Waals surface area contributed by atoms with E-state index in [9.17, 15) is 4.79 Å². The summed E-state index contributed by atoms with van der Waals surface area (Å²) in [5, 5.41) is 14.1. The van der Waals surface area contributed by atoms with Gasteiger partial charge in [-0.3, -0.25) is 4.79 Å². The summed E-state index contributed by atoms with van der Waals surface area (Å²) in [5.74, 6) is 0.760. The fourth-order valence-corrected chi connectivity index (χ4v) is 5.61. The van der Waals surface area contributed by atoms with Crippen molar-refractivity contribution in [1.29, 1.82) is 0 Å². The summed E-state index contributed by atoms with van der Waals surface area (Å²) in [7, 11) is 0. The number of nitrogens with zero attached hydrogens (tertiary/aromatic N) is 5. The minimum Gasteiger partial charge on any atom is -0.357 e. The standard InChI is InChI=1S/C26H28N6O/c1-17-12-13-22-19(15-17)16-21(26(33)27-22)24(25-28-29-30-32(25)20-9-3-4-10-20)31-14-6-8-18-7-2-5-11-23(18)31/h2,5,7,11-13,15-16,20,24H,3-4,6,8-10,14H2,1H3,(H,27,33)/t24-/m0/s1. The summed E-state index contributed by atoms with van der Waals surface area (Å²) < 4.78 is 1.99. The maximum atomic E-state index is 13.5. The summed E-state index contributed by atoms with van der Waals surface area (Å²) >= 11 is 0. The van der Waals surface area contributed by atoms with Gasteiger partial charge in [-0.1, -0.05) is 42.7 Å². The van der Waals surface area contributed by atoms with Crippen molar-refractivity contribution >= 4 is 16.6 Å². The maximum Gasteiger partial charge on any atom is 0.254 e. The number of benzene rings is 2. The molecule has 2 aromatic carbocycles. The highest BCUT2D eigenvalue weighted by Gasteiger charge is 2.35. The molecule has 7 nitrogen and oxygen atoms in total. The Bertz CT molecular complexity index is 1370. The van der Waals surface area contributed by atoms with E-state index >= 15 is 0 Å². The molecule has 1 fully saturated rings. The van der Waals surface area contributed by atoms with E-state index in [1.54, 1.807) is 0 Å². The SMILES string of the molecule is Cc1ccc2[nH]c(=O)c([C@@H](c3nnnn3C3CCCC3)N3CCCc4ccccc43)cc2c1. The van der Waals surface area contributed by atoms with Gasteiger partial charge in [-0.15, -0.1) is 5.10 Å². The van der Waals surface area contributed by atoms with Crippen LogP contribution in [0.4, 0.5) is 5.69 Å². The Balaban J connectivity index is 1.57. The second-order valence-corrected chi connectivity index (χ2v) is 9.39. The van der Waals surface area contributed by atoms with Gasteiger partial charge in [-0.05, 0) is 78.2 Å². The van der Waals surface area contributed by atoms with Crippen LogP contribution >= 0.6 is 0 Å². The average Bonchev–Trinajstić information content (AvgIpc) is 3.52. The third-order valence-electron chi connectivity index (χ3n) is 7.21. The number of H-pyrrole nitrogens is 1. The number of para-hydroxylation sites is 1. The molecule has 1 aliphatic heterocycles. The number of tetrazole rings is 1. The van der Waals surface area contributed by atoms with Crippen molar-refractivity contribution in [3.05, 3.63) is 81.4 Å². The zero-order valence-electron chi connectivity index (χ0n) is 18.9. The van der Waals surface area contributed by atoms with Gasteiger partial charge in [0.1, 0.15) is 6.04 Å². The van der Waals surface area contributed by atoms with Crippen LogP contribution < -0.4 is 10.5 Å². The zero-order chi connectivity index (χ0) is 22.4. The molecule has 4 aromatic rings. The summed E-state index contributed by atoms with van der Waals surface area (Å²) in [4.78, 5) is 18.9. The van der Waals surface area contributed by atoms with Crippen LogP contribution in [0.2, 0.25) is 0 Å². The predicted octanol–water partition coefficient (Wildman–Crippen LogP) is 4.48. The number of aromatic amines is 1. The average molecular weight is 441 g/mol. The van der Waals surface area contributed by atoms with Gasteiger partial charge in [0.15, 0.2) is 5.82 Å². The zero-order valence-corrected chi connectivity index (χ0v) is 18.9. The van der Waals surface area contributed by atoms with E-state index < -0.39 is 0 Å². The molecular formula is C26H28N6O. The maximum absolute atomic E-state index is 13.5. The van der Waals surface area contributed by atoms with Crippen LogP contribution in [0.3, 0.4) is 0 Å². The van der Waals surface area contributed by atoms with Crippen molar-refractivity contribution in [3.8, 4) is 0 Å². The Morgan fingerprint density at radius 3 is 2.79 bits per heavy atom. The van der Waals surface area contributed by atoms with Gasteiger partial charge in [-0.2, -0.15) is 0 Å². The van der Waals surface area contributed by atoms with Crippen molar-refractivity contribution in [2.75, 3.05) is 11.4 Å². The number of pyridine rings is 1. The van der Waals surface area contributed by atoms with Crippen LogP contribution in [0.5, 0.6) is 0 Å². The van der Waals surface area contributed by atoms with Crippen LogP contribution in [0.25, 0.3) is 10.9 Å². The van der Waals surface area contributed by atoms with E-state index in [1.165, 1.54) is 24.1 Å². The van der Waals surface area contributed by atoms with E-state index in [-0.39, 0.29) is 11.6 Å². The lowest BCUT2D eigenvalue weighted by Crippen LogP contribution is -2.38. The molecule has 33 heavy (non-hydrogen) atoms. The second kappa shape index (κ2) is 8.14. The van der Waals surface area contributed by atoms with Gasteiger partial charge in [0.05, 0.1) is 6.04 Å². The highest BCUT2D eigenvalue weighted by molar-refractivity contribution is 5.80. The molecule has 0 spiro atoms. The first kappa shape index (κ1) is 20.1. The van der Waals surface area contributed by atoms with Crippen molar-refractivity contribution in [3.63, 3.8) is 0 Å². The first-order valence-corrected chi connectivity index (χ1v) is 11.9. The van der Waals surface area contributed by atoms with E-state index in [4.69, 9.17) is 0 Å². The number of aryl methyl sites for hydroxylation is 2. The number of hydrogen-bond donors (Lipinski definition) is 1. The minimum absolute atomic E-state index is 0.0830. The Hall–Kier alpha value is -3.48. The number of nitrogens with one attached hydrogen (secondary N) is 1. The largest absolute Gasteiger partial charge is 0.357 e. The van der Waals surface area contributed by atoms with Crippen LogP contribution in [0, 0.1) is 6.92 Å². The van der Waals surface area contributed by atoms with E-state index in [0.29, 0.717) is 11.6 Å². The molecule has 1 aliphatic carbocycles. The molecule has 2 aromatic heterocycles. The van der Waals surface area contributed by atoms with Crippen molar-refractivity contribution in [2.45, 2.75) is 57.5 Å². The molecule has 1 N–H and O–H groups in total. The lowest BCUT2D eigenvalue weighted by atomic mass is 9.96. The topological polar surface area (TPSA) is 79.7 Å². The first-order valence-electron chi connectivity index (χ1n) is 11.9. The van der Waals surface area contributed by atoms with Gasteiger partial charge in [0, 0.05) is 23.3 Å². The minimum atomic E-state index is -0.351. The summed E-state index contributed by atoms with van der Waals surface area (Å²) in [6, 6.07) is 16.6. The predicted molar refractivity (Wildman–Crippen MR) is 129 cm³/mol. The fraction of sp³-hybridized carbons (Fsp3) is 0.385. The van der Waals surface area contributed by atoms with Gasteiger partial charge in [0.2, 0.25) is 0 Å². The molecule has 7 heteroatoms. The Kier molecular flexibility index (Phi) is 4.97. The molecule has 168 valence electrons. The monoisotopic (exact) mass is 440 g/mol. The fourth-order valence-electron chi connectivity index (χ4n) is 5.61. The molecule has 0 unspecified atom stereocenters. The van der Waals surface area contributed by atoms with Crippen molar-refractivity contribution in [2.24, 2.45) is 0 Å². The molecule has 6 rings (SSSR count). The van der Waals surface area contributed by atoms with E-state index in [1.807, 2.05) is 22.9 Å². The Labute approximate surface area is 192 Å². The smallest absolute Gasteiger partial charge is 0.254 e. The van der Waals surface area contributed by atoms with Crippen molar-refractivity contribution < 1.29 is 0 Å². The molecule has 0 bridgehead atoms. The number of fused-ring (bicyclic) bond motifs is 2. The highest BCUT2D eigenvalue weighted by Crippen LogP contribution is 2.38. The Morgan fingerprint density at radius 2 is 1.91 bits per heavy atom. The number of aromatic nitrogens is 5. The number of hydrogen-bond acceptors (Lipinski definition) is 5. The first-order chi connectivity index (χ1) is 16.2. The van der Waals surface area contributed by atoms with Crippen LogP contribution in [-0.4, -0.2) is 31.7 Å². The van der Waals surface area contributed by atoms with Crippen LogP contribution in [-0.2, 0) is 6.42 Å². The van der Waals surface area contributed by atoms with E-state index in [2.05, 4.69) is 62.7 Å². The molecule has 1 saturated carbocycles. The van der Waals surface area contributed by atoms with Gasteiger partial charge >= 0.3 is 0 Å². The summed E-state index contributed by atoms with van der Waals surface area (Å²) in [6.45, 7) is 2.92. The van der Waals surface area contributed by atoms with Gasteiger partial charge < -0.3 is 9.88 Å². The van der Waals surface area contributed by atoms with Gasteiger partial charge in [-0.25, -0.2) is 4.68 Å². The normalized spacial score (nSPS) is 17.4. The lowest BCUT2D eigenvalue weighted by Gasteiger charge is -2.37. The van der Waals surface area contributed by atoms with E-state index in [0.717, 1.165) is 54.5 Å². The molecular weight excluding hydrogens is 412 g/mol. The van der Waals surface area contributed by atoms with Crippen LogP contribution in [0.1, 0.15) is 66.7 Å². The third-order valence-corrected chi connectivity index (χ3v) is 7.21. The molecule has 2 aliphatic rings. The molecule has 0 saturated heterocycles. The van der Waals surface area contributed by atoms with Crippen molar-refractivity contribution in [1.82, 2.24) is 25.2 Å². The lowest BCUT2D eigenvalue weighted by molar-refractivity contribution is 0.425. The Morgan fingerprint density at radius 1 is 1.06 bits per heavy atom. The number of anilines is 1. The highest BCUT2D eigenvalue weighted by atomic mass is 16.1. The second-order valence-electron chi connectivity index (χ2n) is 9.39. The molecule has 0 amide bonds. The summed E-state index contributed by atoms with van der Waals surface area (Å²) in [5.41, 5.74) is 5.10. The number of rotatable bonds is 4. The van der Waals surface area contributed by atoms with Crippen LogP contribution in [0.15, 0.2) is 53.3 Å².